The average molecular weight is 319 g/mol. The Hall–Kier alpha value is -1.61. The van der Waals surface area contributed by atoms with Crippen LogP contribution in [-0.4, -0.2) is 11.1 Å². The zero-order chi connectivity index (χ0) is 13.8. The molecule has 0 heterocycles. The van der Waals surface area contributed by atoms with Gasteiger partial charge in [0.2, 0.25) is 0 Å². The number of rotatable bonds is 4. The number of aliphatic carboxylic acids is 1. The van der Waals surface area contributed by atoms with E-state index in [-0.39, 0.29) is 0 Å². The molecule has 2 rings (SSSR count). The molecule has 0 aliphatic carbocycles. The molecule has 0 aromatic heterocycles. The van der Waals surface area contributed by atoms with E-state index in [1.165, 1.54) is 0 Å². The van der Waals surface area contributed by atoms with Crippen LogP contribution in [0.4, 0.5) is 0 Å². The molecule has 0 aliphatic heterocycles. The Morgan fingerprint density at radius 1 is 1.21 bits per heavy atom. The Balaban J connectivity index is 2.32. The van der Waals surface area contributed by atoms with Crippen LogP contribution < -0.4 is 0 Å². The van der Waals surface area contributed by atoms with Crippen LogP contribution in [0.3, 0.4) is 0 Å². The first-order valence-electron chi connectivity index (χ1n) is 6.10. The van der Waals surface area contributed by atoms with Crippen molar-refractivity contribution in [3.05, 3.63) is 69.7 Å². The van der Waals surface area contributed by atoms with Crippen LogP contribution in [0, 0.1) is 6.92 Å². The summed E-state index contributed by atoms with van der Waals surface area (Å²) in [6, 6.07) is 15.4. The molecule has 1 atom stereocenters. The Labute approximate surface area is 121 Å². The lowest BCUT2D eigenvalue weighted by Crippen LogP contribution is -2.15. The van der Waals surface area contributed by atoms with Gasteiger partial charge in [0.15, 0.2) is 0 Å². The van der Waals surface area contributed by atoms with Gasteiger partial charge in [-0.15, -0.1) is 0 Å². The molecule has 2 nitrogen and oxygen atoms in total. The van der Waals surface area contributed by atoms with Crippen molar-refractivity contribution in [1.82, 2.24) is 0 Å². The molecule has 0 saturated carbocycles. The topological polar surface area (TPSA) is 37.3 Å². The maximum Gasteiger partial charge on any atom is 0.311 e. The summed E-state index contributed by atoms with van der Waals surface area (Å²) < 4.78 is 0.971. The van der Waals surface area contributed by atoms with Crippen molar-refractivity contribution in [3.8, 4) is 0 Å². The molecule has 0 spiro atoms. The molecule has 0 bridgehead atoms. The molecule has 0 radical (unpaired) electrons. The van der Waals surface area contributed by atoms with Gasteiger partial charge in [0.05, 0.1) is 5.92 Å². The van der Waals surface area contributed by atoms with Crippen molar-refractivity contribution >= 4 is 21.9 Å². The van der Waals surface area contributed by atoms with Crippen molar-refractivity contribution < 1.29 is 9.90 Å². The number of carbonyl (C=O) groups is 1. The van der Waals surface area contributed by atoms with Crippen LogP contribution in [0.15, 0.2) is 53.0 Å². The van der Waals surface area contributed by atoms with E-state index in [0.29, 0.717) is 6.42 Å². The van der Waals surface area contributed by atoms with Gasteiger partial charge < -0.3 is 5.11 Å². The second-order valence-corrected chi connectivity index (χ2v) is 5.50. The number of carboxylic acids is 1. The van der Waals surface area contributed by atoms with Gasteiger partial charge in [-0.1, -0.05) is 52.3 Å². The molecule has 1 N–H and O–H groups in total. The van der Waals surface area contributed by atoms with Gasteiger partial charge in [-0.2, -0.15) is 0 Å². The summed E-state index contributed by atoms with van der Waals surface area (Å²) in [6.45, 7) is 1.95. The minimum Gasteiger partial charge on any atom is -0.481 e. The number of hydrogen-bond donors (Lipinski definition) is 1. The summed E-state index contributed by atoms with van der Waals surface area (Å²) in [5.74, 6) is -1.29. The van der Waals surface area contributed by atoms with E-state index >= 15 is 0 Å². The van der Waals surface area contributed by atoms with E-state index in [4.69, 9.17) is 0 Å². The zero-order valence-electron chi connectivity index (χ0n) is 10.6. The summed E-state index contributed by atoms with van der Waals surface area (Å²) >= 11 is 3.41. The third kappa shape index (κ3) is 3.44. The highest BCUT2D eigenvalue weighted by molar-refractivity contribution is 9.10. The first-order valence-corrected chi connectivity index (χ1v) is 6.90. The predicted octanol–water partition coefficient (Wildman–Crippen LogP) is 4.17. The van der Waals surface area contributed by atoms with Crippen LogP contribution in [0.25, 0.3) is 0 Å². The van der Waals surface area contributed by atoms with Crippen molar-refractivity contribution in [3.63, 3.8) is 0 Å². The lowest BCUT2D eigenvalue weighted by atomic mass is 9.89. The lowest BCUT2D eigenvalue weighted by Gasteiger charge is -2.15. The smallest absolute Gasteiger partial charge is 0.311 e. The average Bonchev–Trinajstić information content (AvgIpc) is 2.37. The Kier molecular flexibility index (Phi) is 4.38. The van der Waals surface area contributed by atoms with Gasteiger partial charge in [0.25, 0.3) is 0 Å². The van der Waals surface area contributed by atoms with Gasteiger partial charge in [-0.05, 0) is 42.2 Å². The maximum absolute atomic E-state index is 11.5. The fraction of sp³-hybridized carbons (Fsp3) is 0.188. The molecule has 0 amide bonds. The molecule has 2 aromatic rings. The highest BCUT2D eigenvalue weighted by Gasteiger charge is 2.21. The molecule has 19 heavy (non-hydrogen) atoms. The molecular weight excluding hydrogens is 304 g/mol. The van der Waals surface area contributed by atoms with E-state index in [9.17, 15) is 9.90 Å². The highest BCUT2D eigenvalue weighted by Crippen LogP contribution is 2.25. The summed E-state index contributed by atoms with van der Waals surface area (Å²) in [4.78, 5) is 11.5. The largest absolute Gasteiger partial charge is 0.481 e. The Morgan fingerprint density at radius 2 is 1.95 bits per heavy atom. The standard InChI is InChI=1S/C16H15BrO2/c1-11-5-2-3-8-14(11)15(16(18)19)10-12-6-4-7-13(17)9-12/h2-9,15H,10H2,1H3,(H,18,19). The van der Waals surface area contributed by atoms with Gasteiger partial charge in [-0.3, -0.25) is 4.79 Å². The van der Waals surface area contributed by atoms with E-state index in [1.54, 1.807) is 0 Å². The lowest BCUT2D eigenvalue weighted by molar-refractivity contribution is -0.138. The normalized spacial score (nSPS) is 12.1. The molecule has 0 fully saturated rings. The van der Waals surface area contributed by atoms with Crippen molar-refractivity contribution in [2.75, 3.05) is 0 Å². The van der Waals surface area contributed by atoms with Crippen molar-refractivity contribution in [2.24, 2.45) is 0 Å². The summed E-state index contributed by atoms with van der Waals surface area (Å²) in [7, 11) is 0. The molecule has 2 aromatic carbocycles. The van der Waals surface area contributed by atoms with Crippen molar-refractivity contribution in [2.45, 2.75) is 19.3 Å². The van der Waals surface area contributed by atoms with Crippen LogP contribution in [0.5, 0.6) is 0 Å². The van der Waals surface area contributed by atoms with Gasteiger partial charge in [0, 0.05) is 4.47 Å². The molecule has 0 saturated heterocycles. The summed E-state index contributed by atoms with van der Waals surface area (Å²) in [5.41, 5.74) is 2.92. The number of carboxylic acid groups (broad SMARTS) is 1. The minimum atomic E-state index is -0.783. The quantitative estimate of drug-likeness (QED) is 0.918. The molecular formula is C16H15BrO2. The van der Waals surface area contributed by atoms with E-state index in [2.05, 4.69) is 15.9 Å². The molecule has 0 aliphatic rings. The number of halogens is 1. The Bertz CT molecular complexity index is 593. The maximum atomic E-state index is 11.5. The summed E-state index contributed by atoms with van der Waals surface area (Å²) in [5, 5.41) is 9.47. The molecule has 3 heteroatoms. The van der Waals surface area contributed by atoms with E-state index in [0.717, 1.165) is 21.2 Å². The number of aryl methyl sites for hydroxylation is 1. The van der Waals surface area contributed by atoms with Crippen molar-refractivity contribution in [1.29, 1.82) is 0 Å². The van der Waals surface area contributed by atoms with E-state index < -0.39 is 11.9 Å². The van der Waals surface area contributed by atoms with E-state index in [1.807, 2.05) is 55.5 Å². The van der Waals surface area contributed by atoms with Gasteiger partial charge in [-0.25, -0.2) is 0 Å². The third-order valence-corrected chi connectivity index (χ3v) is 3.68. The van der Waals surface area contributed by atoms with Crippen LogP contribution in [-0.2, 0) is 11.2 Å². The Morgan fingerprint density at radius 3 is 2.58 bits per heavy atom. The first-order chi connectivity index (χ1) is 9.08. The minimum absolute atomic E-state index is 0.500. The van der Waals surface area contributed by atoms with Crippen LogP contribution in [0.2, 0.25) is 0 Å². The second-order valence-electron chi connectivity index (χ2n) is 4.58. The van der Waals surface area contributed by atoms with Gasteiger partial charge >= 0.3 is 5.97 Å². The monoisotopic (exact) mass is 318 g/mol. The second kappa shape index (κ2) is 6.02. The fourth-order valence-electron chi connectivity index (χ4n) is 2.21. The first kappa shape index (κ1) is 13.8. The molecule has 1 unspecified atom stereocenters. The zero-order valence-corrected chi connectivity index (χ0v) is 12.2. The van der Waals surface area contributed by atoms with Gasteiger partial charge in [0.1, 0.15) is 0 Å². The fourth-order valence-corrected chi connectivity index (χ4v) is 2.65. The van der Waals surface area contributed by atoms with Crippen LogP contribution in [0.1, 0.15) is 22.6 Å². The third-order valence-electron chi connectivity index (χ3n) is 3.19. The predicted molar refractivity (Wildman–Crippen MR) is 79.4 cm³/mol. The highest BCUT2D eigenvalue weighted by atomic mass is 79.9. The SMILES string of the molecule is Cc1ccccc1C(Cc1cccc(Br)c1)C(=O)O. The molecule has 98 valence electrons. The summed E-state index contributed by atoms with van der Waals surface area (Å²) in [6.07, 6.45) is 0.500. The number of hydrogen-bond acceptors (Lipinski definition) is 1. The number of benzene rings is 2. The van der Waals surface area contributed by atoms with Crippen LogP contribution >= 0.6 is 15.9 Å².